The van der Waals surface area contributed by atoms with Crippen LogP contribution in [0.15, 0.2) is 18.2 Å². The molecule has 3 nitrogen and oxygen atoms in total. The van der Waals surface area contributed by atoms with E-state index in [1.165, 1.54) is 6.42 Å². The highest BCUT2D eigenvalue weighted by atomic mass is 16.5. The van der Waals surface area contributed by atoms with E-state index in [0.717, 1.165) is 29.8 Å². The van der Waals surface area contributed by atoms with Gasteiger partial charge in [0.1, 0.15) is 5.75 Å². The molecule has 1 aromatic carbocycles. The molecule has 18 heavy (non-hydrogen) atoms. The number of amides is 1. The lowest BCUT2D eigenvalue weighted by Gasteiger charge is -2.24. The summed E-state index contributed by atoms with van der Waals surface area (Å²) in [7, 11) is 0. The third kappa shape index (κ3) is 3.25. The summed E-state index contributed by atoms with van der Waals surface area (Å²) in [5, 5.41) is 2.98. The van der Waals surface area contributed by atoms with E-state index in [1.54, 1.807) is 0 Å². The van der Waals surface area contributed by atoms with Crippen molar-refractivity contribution in [2.24, 2.45) is 5.92 Å². The van der Waals surface area contributed by atoms with E-state index in [4.69, 9.17) is 4.74 Å². The van der Waals surface area contributed by atoms with Crippen molar-refractivity contribution < 1.29 is 9.53 Å². The molecular formula is C15H21NO2. The lowest BCUT2D eigenvalue weighted by Crippen LogP contribution is -2.28. The Kier molecular flexibility index (Phi) is 3.90. The van der Waals surface area contributed by atoms with E-state index >= 15 is 0 Å². The number of benzene rings is 1. The van der Waals surface area contributed by atoms with Gasteiger partial charge in [-0.05, 0) is 51.3 Å². The zero-order chi connectivity index (χ0) is 13.1. The molecule has 1 aliphatic carbocycles. The summed E-state index contributed by atoms with van der Waals surface area (Å²) in [6, 6.07) is 5.85. The molecule has 1 aliphatic rings. The molecule has 0 unspecified atom stereocenters. The summed E-state index contributed by atoms with van der Waals surface area (Å²) in [5.41, 5.74) is 1.93. The number of aryl methyl sites for hydroxylation is 1. The Morgan fingerprint density at radius 1 is 1.33 bits per heavy atom. The van der Waals surface area contributed by atoms with E-state index in [2.05, 4.69) is 5.32 Å². The SMILES string of the molecule is Cc1cc(NC(=O)C2CCC2)cc(OC(C)C)c1. The second-order valence-corrected chi connectivity index (χ2v) is 5.32. The van der Waals surface area contributed by atoms with Gasteiger partial charge in [-0.1, -0.05) is 6.42 Å². The first-order chi connectivity index (χ1) is 8.54. The molecule has 0 spiro atoms. The Morgan fingerprint density at radius 2 is 2.06 bits per heavy atom. The van der Waals surface area contributed by atoms with Gasteiger partial charge in [0, 0.05) is 17.7 Å². The number of nitrogens with one attached hydrogen (secondary N) is 1. The van der Waals surface area contributed by atoms with Crippen LogP contribution in [0.2, 0.25) is 0 Å². The van der Waals surface area contributed by atoms with E-state index < -0.39 is 0 Å². The molecule has 0 aliphatic heterocycles. The quantitative estimate of drug-likeness (QED) is 0.884. The lowest BCUT2D eigenvalue weighted by atomic mass is 9.85. The zero-order valence-corrected chi connectivity index (χ0v) is 11.3. The minimum atomic E-state index is 0.141. The van der Waals surface area contributed by atoms with E-state index in [9.17, 15) is 4.79 Å². The molecular weight excluding hydrogens is 226 g/mol. The largest absolute Gasteiger partial charge is 0.491 e. The van der Waals surface area contributed by atoms with Gasteiger partial charge in [0.2, 0.25) is 5.91 Å². The van der Waals surface area contributed by atoms with Gasteiger partial charge in [-0.15, -0.1) is 0 Å². The summed E-state index contributed by atoms with van der Waals surface area (Å²) in [5.74, 6) is 1.16. The van der Waals surface area contributed by atoms with Crippen LogP contribution in [0.1, 0.15) is 38.7 Å². The normalized spacial score (nSPS) is 15.3. The predicted octanol–water partition coefficient (Wildman–Crippen LogP) is 3.52. The molecule has 1 N–H and O–H groups in total. The first kappa shape index (κ1) is 12.9. The van der Waals surface area contributed by atoms with E-state index in [1.807, 2.05) is 39.0 Å². The summed E-state index contributed by atoms with van der Waals surface area (Å²) in [6.07, 6.45) is 3.36. The molecule has 0 saturated heterocycles. The first-order valence-corrected chi connectivity index (χ1v) is 6.64. The maximum Gasteiger partial charge on any atom is 0.227 e. The standard InChI is InChI=1S/C15H21NO2/c1-10(2)18-14-8-11(3)7-13(9-14)16-15(17)12-5-4-6-12/h7-10,12H,4-6H2,1-3H3,(H,16,17). The molecule has 0 radical (unpaired) electrons. The van der Waals surface area contributed by atoms with E-state index in [0.29, 0.717) is 0 Å². The summed E-state index contributed by atoms with van der Waals surface area (Å²) in [6.45, 7) is 6.00. The van der Waals surface area contributed by atoms with Gasteiger partial charge in [0.15, 0.2) is 0 Å². The van der Waals surface area contributed by atoms with Crippen LogP contribution in [0.25, 0.3) is 0 Å². The van der Waals surface area contributed by atoms with Crippen LogP contribution in [-0.2, 0) is 4.79 Å². The maximum atomic E-state index is 11.9. The van der Waals surface area contributed by atoms with Gasteiger partial charge < -0.3 is 10.1 Å². The molecule has 1 amide bonds. The summed E-state index contributed by atoms with van der Waals surface area (Å²) >= 11 is 0. The van der Waals surface area contributed by atoms with Crippen molar-refractivity contribution in [1.29, 1.82) is 0 Å². The average Bonchev–Trinajstić information content (AvgIpc) is 2.11. The number of hydrogen-bond acceptors (Lipinski definition) is 2. The number of hydrogen-bond donors (Lipinski definition) is 1. The van der Waals surface area contributed by atoms with Crippen molar-refractivity contribution in [3.63, 3.8) is 0 Å². The molecule has 3 heteroatoms. The monoisotopic (exact) mass is 247 g/mol. The molecule has 0 aromatic heterocycles. The molecule has 2 rings (SSSR count). The lowest BCUT2D eigenvalue weighted by molar-refractivity contribution is -0.122. The van der Waals surface area contributed by atoms with Crippen LogP contribution < -0.4 is 10.1 Å². The van der Waals surface area contributed by atoms with Gasteiger partial charge in [-0.25, -0.2) is 0 Å². The molecule has 0 bridgehead atoms. The van der Waals surface area contributed by atoms with Crippen molar-refractivity contribution in [2.75, 3.05) is 5.32 Å². The Morgan fingerprint density at radius 3 is 2.61 bits per heavy atom. The van der Waals surface area contributed by atoms with Crippen LogP contribution in [0.5, 0.6) is 5.75 Å². The van der Waals surface area contributed by atoms with Crippen LogP contribution in [0.4, 0.5) is 5.69 Å². The zero-order valence-electron chi connectivity index (χ0n) is 11.3. The Balaban J connectivity index is 2.06. The Hall–Kier alpha value is -1.51. The fraction of sp³-hybridized carbons (Fsp3) is 0.533. The van der Waals surface area contributed by atoms with Crippen LogP contribution in [-0.4, -0.2) is 12.0 Å². The number of rotatable bonds is 4. The van der Waals surface area contributed by atoms with Gasteiger partial charge in [-0.3, -0.25) is 4.79 Å². The summed E-state index contributed by atoms with van der Waals surface area (Å²) < 4.78 is 5.67. The highest BCUT2D eigenvalue weighted by Crippen LogP contribution is 2.28. The van der Waals surface area contributed by atoms with Crippen molar-refractivity contribution in [3.05, 3.63) is 23.8 Å². The molecule has 0 heterocycles. The number of carbonyl (C=O) groups excluding carboxylic acids is 1. The third-order valence-electron chi connectivity index (χ3n) is 3.17. The van der Waals surface area contributed by atoms with Gasteiger partial charge in [-0.2, -0.15) is 0 Å². The molecule has 1 fully saturated rings. The minimum Gasteiger partial charge on any atom is -0.491 e. The average molecular weight is 247 g/mol. The summed E-state index contributed by atoms with van der Waals surface area (Å²) in [4.78, 5) is 11.9. The van der Waals surface area contributed by atoms with E-state index in [-0.39, 0.29) is 17.9 Å². The fourth-order valence-corrected chi connectivity index (χ4v) is 2.08. The molecule has 98 valence electrons. The highest BCUT2D eigenvalue weighted by molar-refractivity contribution is 5.93. The van der Waals surface area contributed by atoms with Gasteiger partial charge in [0.05, 0.1) is 6.10 Å². The van der Waals surface area contributed by atoms with Crippen molar-refractivity contribution in [1.82, 2.24) is 0 Å². The number of carbonyl (C=O) groups is 1. The van der Waals surface area contributed by atoms with Gasteiger partial charge in [0.25, 0.3) is 0 Å². The van der Waals surface area contributed by atoms with Gasteiger partial charge >= 0.3 is 0 Å². The maximum absolute atomic E-state index is 11.9. The topological polar surface area (TPSA) is 38.3 Å². The second-order valence-electron chi connectivity index (χ2n) is 5.32. The molecule has 1 saturated carbocycles. The second kappa shape index (κ2) is 5.42. The first-order valence-electron chi connectivity index (χ1n) is 6.64. The fourth-order valence-electron chi connectivity index (χ4n) is 2.08. The number of anilines is 1. The minimum absolute atomic E-state index is 0.141. The Labute approximate surface area is 109 Å². The Bertz CT molecular complexity index is 436. The van der Waals surface area contributed by atoms with Crippen LogP contribution in [0.3, 0.4) is 0 Å². The highest BCUT2D eigenvalue weighted by Gasteiger charge is 2.25. The van der Waals surface area contributed by atoms with Crippen LogP contribution >= 0.6 is 0 Å². The predicted molar refractivity (Wildman–Crippen MR) is 72.9 cm³/mol. The smallest absolute Gasteiger partial charge is 0.227 e. The molecule has 0 atom stereocenters. The molecule has 1 aromatic rings. The van der Waals surface area contributed by atoms with Crippen LogP contribution in [0, 0.1) is 12.8 Å². The van der Waals surface area contributed by atoms with Crippen molar-refractivity contribution >= 4 is 11.6 Å². The third-order valence-corrected chi connectivity index (χ3v) is 3.17. The van der Waals surface area contributed by atoms with Crippen molar-refractivity contribution in [2.45, 2.75) is 46.1 Å². The van der Waals surface area contributed by atoms with Crippen molar-refractivity contribution in [3.8, 4) is 5.75 Å². The number of ether oxygens (including phenoxy) is 1.